The van der Waals surface area contributed by atoms with Crippen LogP contribution in [0.5, 0.6) is 0 Å². The molecule has 2 aliphatic rings. The molecule has 7 heteroatoms. The van der Waals surface area contributed by atoms with Gasteiger partial charge in [0.25, 0.3) is 0 Å². The van der Waals surface area contributed by atoms with Crippen LogP contribution in [0.1, 0.15) is 18.4 Å². The molecule has 0 aliphatic carbocycles. The first-order valence-electron chi connectivity index (χ1n) is 11.6. The molecule has 7 nitrogen and oxygen atoms in total. The fourth-order valence-electron chi connectivity index (χ4n) is 4.45. The molecule has 1 amide bonds. The Bertz CT molecular complexity index is 794. The fraction of sp³-hybridized carbons (Fsp3) is 0.542. The summed E-state index contributed by atoms with van der Waals surface area (Å²) in [5, 5.41) is 0. The van der Waals surface area contributed by atoms with Gasteiger partial charge in [0, 0.05) is 58.2 Å². The summed E-state index contributed by atoms with van der Waals surface area (Å²) >= 11 is 0. The first kappa shape index (κ1) is 21.7. The van der Waals surface area contributed by atoms with E-state index in [-0.39, 0.29) is 5.91 Å². The molecule has 2 aromatic rings. The van der Waals surface area contributed by atoms with Gasteiger partial charge < -0.3 is 14.7 Å². The predicted molar refractivity (Wildman–Crippen MR) is 123 cm³/mol. The largest absolute Gasteiger partial charge is 0.340 e. The zero-order valence-electron chi connectivity index (χ0n) is 18.4. The third-order valence-corrected chi connectivity index (χ3v) is 6.29. The molecule has 2 fully saturated rings. The van der Waals surface area contributed by atoms with Crippen molar-refractivity contribution in [3.63, 3.8) is 0 Å². The number of carbonyl (C=O) groups is 1. The van der Waals surface area contributed by atoms with Crippen LogP contribution in [0.2, 0.25) is 0 Å². The zero-order valence-corrected chi connectivity index (χ0v) is 18.4. The van der Waals surface area contributed by atoms with Gasteiger partial charge in [-0.3, -0.25) is 9.69 Å². The van der Waals surface area contributed by atoms with Crippen molar-refractivity contribution in [1.29, 1.82) is 0 Å². The lowest BCUT2D eigenvalue weighted by atomic mass is 10.1. The summed E-state index contributed by atoms with van der Waals surface area (Å²) < 4.78 is 0. The summed E-state index contributed by atoms with van der Waals surface area (Å²) in [6, 6.07) is 12.5. The highest BCUT2D eigenvalue weighted by molar-refractivity contribution is 5.78. The Morgan fingerprint density at radius 2 is 1.55 bits per heavy atom. The standard InChI is InChI=1S/C24H34N6O/c31-23(21-28-16-19-30(20-17-28)24-25-10-5-11-26-24)29-14-6-13-27(15-18-29)12-4-9-22-7-2-1-3-8-22/h1-3,5,7-8,10-11H,4,6,9,12-21H2. The normalized spacial score (nSPS) is 18.7. The second-order valence-corrected chi connectivity index (χ2v) is 8.48. The van der Waals surface area contributed by atoms with Crippen LogP contribution in [0.25, 0.3) is 0 Å². The maximum Gasteiger partial charge on any atom is 0.236 e. The Morgan fingerprint density at radius 1 is 0.806 bits per heavy atom. The van der Waals surface area contributed by atoms with Crippen molar-refractivity contribution in [3.8, 4) is 0 Å². The number of hydrogen-bond donors (Lipinski definition) is 0. The van der Waals surface area contributed by atoms with Crippen molar-refractivity contribution >= 4 is 11.9 Å². The molecule has 1 aromatic carbocycles. The van der Waals surface area contributed by atoms with Gasteiger partial charge in [0.15, 0.2) is 0 Å². The van der Waals surface area contributed by atoms with Crippen LogP contribution in [0, 0.1) is 0 Å². The van der Waals surface area contributed by atoms with Crippen LogP contribution in [0.15, 0.2) is 48.8 Å². The van der Waals surface area contributed by atoms with Crippen LogP contribution in [0.4, 0.5) is 5.95 Å². The highest BCUT2D eigenvalue weighted by atomic mass is 16.2. The summed E-state index contributed by atoms with van der Waals surface area (Å²) in [6.45, 7) is 8.94. The maximum absolute atomic E-state index is 12.9. The number of aryl methyl sites for hydroxylation is 1. The number of rotatable bonds is 7. The zero-order chi connectivity index (χ0) is 21.3. The summed E-state index contributed by atoms with van der Waals surface area (Å²) in [6.07, 6.45) is 6.93. The van der Waals surface area contributed by atoms with E-state index in [1.54, 1.807) is 12.4 Å². The van der Waals surface area contributed by atoms with Gasteiger partial charge in [-0.25, -0.2) is 9.97 Å². The van der Waals surface area contributed by atoms with E-state index < -0.39 is 0 Å². The van der Waals surface area contributed by atoms with Gasteiger partial charge in [0.05, 0.1) is 6.54 Å². The molecule has 0 bridgehead atoms. The number of hydrogen-bond acceptors (Lipinski definition) is 6. The quantitative estimate of drug-likeness (QED) is 0.678. The van der Waals surface area contributed by atoms with Crippen molar-refractivity contribution in [1.82, 2.24) is 24.7 Å². The van der Waals surface area contributed by atoms with E-state index >= 15 is 0 Å². The number of aromatic nitrogens is 2. The number of carbonyl (C=O) groups excluding carboxylic acids is 1. The van der Waals surface area contributed by atoms with Gasteiger partial charge in [-0.1, -0.05) is 30.3 Å². The van der Waals surface area contributed by atoms with E-state index in [9.17, 15) is 4.79 Å². The summed E-state index contributed by atoms with van der Waals surface area (Å²) in [5.41, 5.74) is 1.41. The highest BCUT2D eigenvalue weighted by Gasteiger charge is 2.24. The second-order valence-electron chi connectivity index (χ2n) is 8.48. The average Bonchev–Trinajstić information content (AvgIpc) is 3.07. The molecule has 2 saturated heterocycles. The van der Waals surface area contributed by atoms with Crippen LogP contribution < -0.4 is 4.90 Å². The average molecular weight is 423 g/mol. The molecule has 0 radical (unpaired) electrons. The van der Waals surface area contributed by atoms with Gasteiger partial charge in [0.2, 0.25) is 11.9 Å². The SMILES string of the molecule is O=C(CN1CCN(c2ncccn2)CC1)N1CCCN(CCCc2ccccc2)CC1. The molecule has 0 spiro atoms. The van der Waals surface area contributed by atoms with Crippen molar-refractivity contribution in [2.24, 2.45) is 0 Å². The molecule has 166 valence electrons. The molecular formula is C24H34N6O. The molecule has 0 saturated carbocycles. The van der Waals surface area contributed by atoms with Crippen LogP contribution in [-0.2, 0) is 11.2 Å². The van der Waals surface area contributed by atoms with Gasteiger partial charge in [-0.2, -0.15) is 0 Å². The van der Waals surface area contributed by atoms with Gasteiger partial charge in [0.1, 0.15) is 0 Å². The van der Waals surface area contributed by atoms with Crippen molar-refractivity contribution in [3.05, 3.63) is 54.4 Å². The molecule has 4 rings (SSSR count). The van der Waals surface area contributed by atoms with Crippen molar-refractivity contribution < 1.29 is 4.79 Å². The summed E-state index contributed by atoms with van der Waals surface area (Å²) in [7, 11) is 0. The van der Waals surface area contributed by atoms with E-state index in [4.69, 9.17) is 0 Å². The fourth-order valence-corrected chi connectivity index (χ4v) is 4.45. The van der Waals surface area contributed by atoms with Gasteiger partial charge >= 0.3 is 0 Å². The Hall–Kier alpha value is -2.51. The van der Waals surface area contributed by atoms with E-state index in [0.29, 0.717) is 6.54 Å². The number of nitrogens with zero attached hydrogens (tertiary/aromatic N) is 6. The molecule has 1 aromatic heterocycles. The van der Waals surface area contributed by atoms with Crippen LogP contribution >= 0.6 is 0 Å². The molecule has 0 atom stereocenters. The minimum Gasteiger partial charge on any atom is -0.340 e. The smallest absolute Gasteiger partial charge is 0.236 e. The lowest BCUT2D eigenvalue weighted by Crippen LogP contribution is -2.50. The van der Waals surface area contributed by atoms with E-state index in [0.717, 1.165) is 77.7 Å². The first-order chi connectivity index (χ1) is 15.3. The van der Waals surface area contributed by atoms with Gasteiger partial charge in [-0.15, -0.1) is 0 Å². The number of benzene rings is 1. The van der Waals surface area contributed by atoms with Crippen molar-refractivity contribution in [2.45, 2.75) is 19.3 Å². The van der Waals surface area contributed by atoms with E-state index in [1.807, 2.05) is 6.07 Å². The third-order valence-electron chi connectivity index (χ3n) is 6.29. The number of amides is 1. The monoisotopic (exact) mass is 422 g/mol. The molecule has 2 aliphatic heterocycles. The lowest BCUT2D eigenvalue weighted by molar-refractivity contribution is -0.132. The lowest BCUT2D eigenvalue weighted by Gasteiger charge is -2.35. The van der Waals surface area contributed by atoms with Gasteiger partial charge in [-0.05, 0) is 44.0 Å². The number of anilines is 1. The Labute approximate surface area is 185 Å². The second kappa shape index (κ2) is 11.2. The minimum absolute atomic E-state index is 0.274. The Morgan fingerprint density at radius 3 is 2.32 bits per heavy atom. The first-order valence-corrected chi connectivity index (χ1v) is 11.6. The molecule has 3 heterocycles. The van der Waals surface area contributed by atoms with Crippen LogP contribution in [-0.4, -0.2) is 96.0 Å². The summed E-state index contributed by atoms with van der Waals surface area (Å²) in [4.78, 5) is 30.6. The minimum atomic E-state index is 0.274. The highest BCUT2D eigenvalue weighted by Crippen LogP contribution is 2.11. The summed E-state index contributed by atoms with van der Waals surface area (Å²) in [5.74, 6) is 1.06. The van der Waals surface area contributed by atoms with Crippen molar-refractivity contribution in [2.75, 3.05) is 70.3 Å². The molecule has 0 N–H and O–H groups in total. The third kappa shape index (κ3) is 6.48. The Kier molecular flexibility index (Phi) is 7.85. The van der Waals surface area contributed by atoms with E-state index in [1.165, 1.54) is 12.0 Å². The Balaban J connectivity index is 1.16. The molecular weight excluding hydrogens is 388 g/mol. The predicted octanol–water partition coefficient (Wildman–Crippen LogP) is 1.77. The van der Waals surface area contributed by atoms with E-state index in [2.05, 4.69) is 59.9 Å². The topological polar surface area (TPSA) is 55.8 Å². The maximum atomic E-state index is 12.9. The van der Waals surface area contributed by atoms with Crippen LogP contribution in [0.3, 0.4) is 0 Å². The molecule has 0 unspecified atom stereocenters. The molecule has 31 heavy (non-hydrogen) atoms. The number of piperazine rings is 1.